The molecule has 0 aliphatic heterocycles. The van der Waals surface area contributed by atoms with E-state index in [4.69, 9.17) is 4.74 Å². The summed E-state index contributed by atoms with van der Waals surface area (Å²) < 4.78 is 5.93. The maximum Gasteiger partial charge on any atom is 0.122 e. The molecule has 0 aliphatic rings. The lowest BCUT2D eigenvalue weighted by Gasteiger charge is -2.21. The normalized spacial score (nSPS) is 13.3. The summed E-state index contributed by atoms with van der Waals surface area (Å²) in [7, 11) is 0. The Hall–Kier alpha value is -1.02. The smallest absolute Gasteiger partial charge is 0.122 e. The number of para-hydroxylation sites is 1. The Bertz CT molecular complexity index is 368. The van der Waals surface area contributed by atoms with E-state index in [1.165, 1.54) is 5.56 Å². The van der Waals surface area contributed by atoms with Gasteiger partial charge in [0.15, 0.2) is 0 Å². The fraction of sp³-hybridized carbons (Fsp3) is 0.647. The zero-order valence-corrected chi connectivity index (χ0v) is 13.1. The van der Waals surface area contributed by atoms with E-state index in [1.54, 1.807) is 0 Å². The third-order valence-electron chi connectivity index (χ3n) is 3.30. The molecule has 19 heavy (non-hydrogen) atoms. The van der Waals surface area contributed by atoms with Crippen LogP contribution in [0.4, 0.5) is 0 Å². The van der Waals surface area contributed by atoms with Gasteiger partial charge in [0.05, 0.1) is 6.61 Å². The van der Waals surface area contributed by atoms with Gasteiger partial charge in [0.1, 0.15) is 5.75 Å². The lowest BCUT2D eigenvalue weighted by atomic mass is 9.98. The quantitative estimate of drug-likeness (QED) is 0.738. The number of ether oxygens (including phenoxy) is 1. The van der Waals surface area contributed by atoms with E-state index < -0.39 is 0 Å². The van der Waals surface area contributed by atoms with Gasteiger partial charge in [-0.2, -0.15) is 0 Å². The molecule has 1 atom stereocenters. The van der Waals surface area contributed by atoms with Crippen LogP contribution in [0, 0.1) is 0 Å². The molecule has 1 unspecified atom stereocenters. The van der Waals surface area contributed by atoms with Crippen molar-refractivity contribution >= 4 is 0 Å². The first-order chi connectivity index (χ1) is 8.94. The number of nitrogens with one attached hydrogen (secondary N) is 1. The van der Waals surface area contributed by atoms with E-state index in [1.807, 2.05) is 0 Å². The molecule has 2 heteroatoms. The van der Waals surface area contributed by atoms with Gasteiger partial charge in [-0.05, 0) is 57.7 Å². The third-order valence-corrected chi connectivity index (χ3v) is 3.30. The van der Waals surface area contributed by atoms with Gasteiger partial charge in [0.2, 0.25) is 0 Å². The number of rotatable bonds is 7. The van der Waals surface area contributed by atoms with Crippen molar-refractivity contribution in [3.63, 3.8) is 0 Å². The molecule has 0 amide bonds. The van der Waals surface area contributed by atoms with Crippen LogP contribution in [0.2, 0.25) is 0 Å². The van der Waals surface area contributed by atoms with E-state index in [9.17, 15) is 0 Å². The topological polar surface area (TPSA) is 21.3 Å². The summed E-state index contributed by atoms with van der Waals surface area (Å²) >= 11 is 0. The molecule has 0 spiro atoms. The van der Waals surface area contributed by atoms with E-state index in [-0.39, 0.29) is 5.54 Å². The van der Waals surface area contributed by atoms with E-state index >= 15 is 0 Å². The SMILES string of the molecule is CCC(C)c1ccccc1OCCCNC(C)(C)C. The van der Waals surface area contributed by atoms with Crippen LogP contribution in [0.1, 0.15) is 58.9 Å². The molecule has 1 N–H and O–H groups in total. The Morgan fingerprint density at radius 1 is 1.21 bits per heavy atom. The Morgan fingerprint density at radius 3 is 2.53 bits per heavy atom. The predicted molar refractivity (Wildman–Crippen MR) is 83.0 cm³/mol. The highest BCUT2D eigenvalue weighted by atomic mass is 16.5. The van der Waals surface area contributed by atoms with Crippen LogP contribution in [0.15, 0.2) is 24.3 Å². The minimum Gasteiger partial charge on any atom is -0.493 e. The first-order valence-corrected chi connectivity index (χ1v) is 7.41. The van der Waals surface area contributed by atoms with Crippen molar-refractivity contribution in [2.24, 2.45) is 0 Å². The molecular weight excluding hydrogens is 234 g/mol. The van der Waals surface area contributed by atoms with Gasteiger partial charge in [-0.15, -0.1) is 0 Å². The summed E-state index contributed by atoms with van der Waals surface area (Å²) in [6, 6.07) is 8.40. The monoisotopic (exact) mass is 263 g/mol. The Labute approximate surface area is 118 Å². The number of hydrogen-bond acceptors (Lipinski definition) is 2. The molecule has 0 aromatic heterocycles. The largest absolute Gasteiger partial charge is 0.493 e. The third kappa shape index (κ3) is 6.11. The van der Waals surface area contributed by atoms with Crippen LogP contribution in [-0.4, -0.2) is 18.7 Å². The van der Waals surface area contributed by atoms with Crippen molar-refractivity contribution < 1.29 is 4.74 Å². The predicted octanol–water partition coefficient (Wildman–Crippen LogP) is 4.36. The fourth-order valence-electron chi connectivity index (χ4n) is 1.96. The van der Waals surface area contributed by atoms with Crippen LogP contribution in [-0.2, 0) is 0 Å². The van der Waals surface area contributed by atoms with E-state index in [2.05, 4.69) is 64.2 Å². The zero-order valence-electron chi connectivity index (χ0n) is 13.1. The van der Waals surface area contributed by atoms with Crippen LogP contribution in [0.3, 0.4) is 0 Å². The fourth-order valence-corrected chi connectivity index (χ4v) is 1.96. The molecule has 0 saturated carbocycles. The lowest BCUT2D eigenvalue weighted by Crippen LogP contribution is -2.36. The van der Waals surface area contributed by atoms with E-state index in [0.29, 0.717) is 5.92 Å². The summed E-state index contributed by atoms with van der Waals surface area (Å²) in [5.74, 6) is 1.61. The maximum atomic E-state index is 5.93. The van der Waals surface area contributed by atoms with Gasteiger partial charge in [-0.3, -0.25) is 0 Å². The first-order valence-electron chi connectivity index (χ1n) is 7.41. The Kier molecular flexibility index (Phi) is 6.36. The van der Waals surface area contributed by atoms with Crippen LogP contribution < -0.4 is 10.1 Å². The van der Waals surface area contributed by atoms with E-state index in [0.717, 1.165) is 31.7 Å². The van der Waals surface area contributed by atoms with Crippen LogP contribution in [0.25, 0.3) is 0 Å². The Morgan fingerprint density at radius 2 is 1.89 bits per heavy atom. The summed E-state index contributed by atoms with van der Waals surface area (Å²) in [6.07, 6.45) is 2.18. The highest BCUT2D eigenvalue weighted by molar-refractivity contribution is 5.35. The standard InChI is InChI=1S/C17H29NO/c1-6-14(2)15-10-7-8-11-16(15)19-13-9-12-18-17(3,4)5/h7-8,10-11,14,18H,6,9,12-13H2,1-5H3. The van der Waals surface area contributed by atoms with Gasteiger partial charge in [-0.1, -0.05) is 32.0 Å². The second-order valence-electron chi connectivity index (χ2n) is 6.23. The molecule has 0 aliphatic carbocycles. The second-order valence-corrected chi connectivity index (χ2v) is 6.23. The second kappa shape index (κ2) is 7.54. The molecule has 1 aromatic rings. The molecule has 0 heterocycles. The van der Waals surface area contributed by atoms with Crippen molar-refractivity contribution in [1.29, 1.82) is 0 Å². The van der Waals surface area contributed by atoms with Gasteiger partial charge in [0, 0.05) is 5.54 Å². The summed E-state index contributed by atoms with van der Waals surface area (Å²) in [6.45, 7) is 12.8. The van der Waals surface area contributed by atoms with Crippen molar-refractivity contribution in [2.45, 2.75) is 58.9 Å². The average Bonchev–Trinajstić information content (AvgIpc) is 2.36. The van der Waals surface area contributed by atoms with Crippen molar-refractivity contribution in [3.8, 4) is 5.75 Å². The highest BCUT2D eigenvalue weighted by Gasteiger charge is 2.10. The van der Waals surface area contributed by atoms with Crippen LogP contribution >= 0.6 is 0 Å². The molecule has 0 radical (unpaired) electrons. The van der Waals surface area contributed by atoms with Crippen molar-refractivity contribution in [1.82, 2.24) is 5.32 Å². The molecule has 2 nitrogen and oxygen atoms in total. The molecule has 0 saturated heterocycles. The molecule has 0 bridgehead atoms. The maximum absolute atomic E-state index is 5.93. The van der Waals surface area contributed by atoms with Crippen LogP contribution in [0.5, 0.6) is 5.75 Å². The first kappa shape index (κ1) is 16.0. The molecule has 0 fully saturated rings. The molecule has 1 rings (SSSR count). The summed E-state index contributed by atoms with van der Waals surface area (Å²) in [4.78, 5) is 0. The minimum atomic E-state index is 0.189. The molecule has 1 aromatic carbocycles. The van der Waals surface area contributed by atoms with Gasteiger partial charge in [-0.25, -0.2) is 0 Å². The number of hydrogen-bond donors (Lipinski definition) is 1. The summed E-state index contributed by atoms with van der Waals surface area (Å²) in [5, 5.41) is 3.48. The van der Waals surface area contributed by atoms with Gasteiger partial charge < -0.3 is 10.1 Å². The van der Waals surface area contributed by atoms with Gasteiger partial charge in [0.25, 0.3) is 0 Å². The highest BCUT2D eigenvalue weighted by Crippen LogP contribution is 2.28. The zero-order chi connectivity index (χ0) is 14.3. The Balaban J connectivity index is 2.41. The molecule has 108 valence electrons. The minimum absolute atomic E-state index is 0.189. The lowest BCUT2D eigenvalue weighted by molar-refractivity contribution is 0.294. The molecular formula is C17H29NO. The average molecular weight is 263 g/mol. The van der Waals surface area contributed by atoms with Gasteiger partial charge >= 0.3 is 0 Å². The van der Waals surface area contributed by atoms with Crippen molar-refractivity contribution in [2.75, 3.05) is 13.2 Å². The number of benzene rings is 1. The summed E-state index contributed by atoms with van der Waals surface area (Å²) in [5.41, 5.74) is 1.52. The van der Waals surface area contributed by atoms with Crippen molar-refractivity contribution in [3.05, 3.63) is 29.8 Å².